The molecule has 5 nitrogen and oxygen atoms in total. The predicted molar refractivity (Wildman–Crippen MR) is 72.8 cm³/mol. The largest absolute Gasteiger partial charge is 0.490 e. The predicted octanol–water partition coefficient (Wildman–Crippen LogP) is 2.42. The molecular formula is C14H19F2NO4. The third-order valence-corrected chi connectivity index (χ3v) is 2.75. The maximum atomic E-state index is 12.3. The molecular weight excluding hydrogens is 284 g/mol. The lowest BCUT2D eigenvalue weighted by Crippen LogP contribution is -2.23. The van der Waals surface area contributed by atoms with Crippen LogP contribution in [0.1, 0.15) is 25.3 Å². The Bertz CT molecular complexity index is 468. The van der Waals surface area contributed by atoms with Crippen molar-refractivity contribution < 1.29 is 28.2 Å². The van der Waals surface area contributed by atoms with Crippen LogP contribution in [-0.2, 0) is 11.2 Å². The molecule has 7 heteroatoms. The molecule has 1 atom stereocenters. The molecule has 0 amide bonds. The van der Waals surface area contributed by atoms with Crippen molar-refractivity contribution in [1.82, 2.24) is 0 Å². The zero-order valence-corrected chi connectivity index (χ0v) is 11.7. The Balaban J connectivity index is 2.74. The van der Waals surface area contributed by atoms with Crippen molar-refractivity contribution in [1.29, 1.82) is 0 Å². The highest BCUT2D eigenvalue weighted by Crippen LogP contribution is 2.30. The van der Waals surface area contributed by atoms with Gasteiger partial charge < -0.3 is 20.3 Å². The fourth-order valence-corrected chi connectivity index (χ4v) is 1.85. The standard InChI is InChI=1S/C14H19F2NO4/c1-2-20-12-8-9(3-5-11(12)21-14(15)16)7-10(17)4-6-13(18)19/h3,5,8,10,14H,2,4,6-7,17H2,1H3,(H,18,19). The van der Waals surface area contributed by atoms with Crippen LogP contribution in [0.15, 0.2) is 18.2 Å². The molecule has 0 aliphatic carbocycles. The maximum absolute atomic E-state index is 12.3. The van der Waals surface area contributed by atoms with Gasteiger partial charge in [0.1, 0.15) is 0 Å². The molecule has 0 saturated carbocycles. The van der Waals surface area contributed by atoms with Gasteiger partial charge in [0.2, 0.25) is 0 Å². The van der Waals surface area contributed by atoms with Gasteiger partial charge in [0.15, 0.2) is 11.5 Å². The van der Waals surface area contributed by atoms with Crippen LogP contribution >= 0.6 is 0 Å². The first-order valence-corrected chi connectivity index (χ1v) is 6.60. The van der Waals surface area contributed by atoms with Crippen LogP contribution in [0.2, 0.25) is 0 Å². The van der Waals surface area contributed by atoms with Crippen LogP contribution in [0.25, 0.3) is 0 Å². The lowest BCUT2D eigenvalue weighted by molar-refractivity contribution is -0.137. The third-order valence-electron chi connectivity index (χ3n) is 2.75. The molecule has 0 aromatic heterocycles. The summed E-state index contributed by atoms with van der Waals surface area (Å²) in [6.07, 6.45) is 0.767. The highest BCUT2D eigenvalue weighted by Gasteiger charge is 2.13. The molecule has 118 valence electrons. The Hall–Kier alpha value is -1.89. The van der Waals surface area contributed by atoms with E-state index in [1.807, 2.05) is 0 Å². The normalized spacial score (nSPS) is 12.2. The van der Waals surface area contributed by atoms with Crippen molar-refractivity contribution in [2.75, 3.05) is 6.61 Å². The lowest BCUT2D eigenvalue weighted by Gasteiger charge is -2.15. The average Bonchev–Trinajstić information content (AvgIpc) is 2.39. The van der Waals surface area contributed by atoms with E-state index in [1.54, 1.807) is 19.1 Å². The zero-order chi connectivity index (χ0) is 15.8. The molecule has 0 radical (unpaired) electrons. The summed E-state index contributed by atoms with van der Waals surface area (Å²) in [4.78, 5) is 10.5. The van der Waals surface area contributed by atoms with Gasteiger partial charge in [-0.05, 0) is 37.5 Å². The Morgan fingerprint density at radius 3 is 2.67 bits per heavy atom. The second-order valence-electron chi connectivity index (χ2n) is 4.49. The summed E-state index contributed by atoms with van der Waals surface area (Å²) in [6, 6.07) is 4.27. The van der Waals surface area contributed by atoms with Gasteiger partial charge in [0.05, 0.1) is 6.61 Å². The third kappa shape index (κ3) is 6.40. The summed E-state index contributed by atoms with van der Waals surface area (Å²) < 4.78 is 34.2. The van der Waals surface area contributed by atoms with Gasteiger partial charge in [-0.2, -0.15) is 8.78 Å². The Morgan fingerprint density at radius 1 is 1.38 bits per heavy atom. The molecule has 1 aromatic rings. The van der Waals surface area contributed by atoms with Crippen molar-refractivity contribution in [3.63, 3.8) is 0 Å². The minimum Gasteiger partial charge on any atom is -0.490 e. The summed E-state index contributed by atoms with van der Waals surface area (Å²) in [5.74, 6) is -0.712. The van der Waals surface area contributed by atoms with Gasteiger partial charge >= 0.3 is 12.6 Å². The van der Waals surface area contributed by atoms with Gasteiger partial charge in [-0.15, -0.1) is 0 Å². The van der Waals surface area contributed by atoms with Crippen molar-refractivity contribution in [2.24, 2.45) is 5.73 Å². The fraction of sp³-hybridized carbons (Fsp3) is 0.500. The van der Waals surface area contributed by atoms with E-state index in [9.17, 15) is 13.6 Å². The molecule has 0 bridgehead atoms. The number of carboxylic acid groups (broad SMARTS) is 1. The Kier molecular flexibility index (Phi) is 6.87. The van der Waals surface area contributed by atoms with Crippen LogP contribution in [0.5, 0.6) is 11.5 Å². The van der Waals surface area contributed by atoms with Gasteiger partial charge in [-0.1, -0.05) is 6.07 Å². The minimum atomic E-state index is -2.92. The first-order valence-electron chi connectivity index (χ1n) is 6.60. The first kappa shape index (κ1) is 17.2. The van der Waals surface area contributed by atoms with E-state index < -0.39 is 12.6 Å². The van der Waals surface area contributed by atoms with Crippen molar-refractivity contribution >= 4 is 5.97 Å². The van der Waals surface area contributed by atoms with Crippen molar-refractivity contribution in [3.05, 3.63) is 23.8 Å². The number of ether oxygens (including phenoxy) is 2. The number of alkyl halides is 2. The van der Waals surface area contributed by atoms with E-state index in [2.05, 4.69) is 4.74 Å². The van der Waals surface area contributed by atoms with E-state index >= 15 is 0 Å². The molecule has 0 saturated heterocycles. The minimum absolute atomic E-state index is 0.00788. The molecule has 0 heterocycles. The molecule has 0 fully saturated rings. The van der Waals surface area contributed by atoms with E-state index in [0.717, 1.165) is 5.56 Å². The zero-order valence-electron chi connectivity index (χ0n) is 11.7. The molecule has 3 N–H and O–H groups in total. The topological polar surface area (TPSA) is 81.8 Å². The highest BCUT2D eigenvalue weighted by molar-refractivity contribution is 5.66. The fourth-order valence-electron chi connectivity index (χ4n) is 1.85. The van der Waals surface area contributed by atoms with E-state index in [-0.39, 0.29) is 24.0 Å². The Morgan fingerprint density at radius 2 is 2.10 bits per heavy atom. The number of rotatable bonds is 9. The summed E-state index contributed by atoms with van der Waals surface area (Å²) >= 11 is 0. The van der Waals surface area contributed by atoms with Crippen molar-refractivity contribution in [2.45, 2.75) is 38.8 Å². The maximum Gasteiger partial charge on any atom is 0.387 e. The molecule has 0 aliphatic heterocycles. The molecule has 1 aromatic carbocycles. The number of benzene rings is 1. The number of halogens is 2. The number of nitrogens with two attached hydrogens (primary N) is 1. The van der Waals surface area contributed by atoms with Crippen molar-refractivity contribution in [3.8, 4) is 11.5 Å². The van der Waals surface area contributed by atoms with E-state index in [0.29, 0.717) is 19.4 Å². The summed E-state index contributed by atoms with van der Waals surface area (Å²) in [7, 11) is 0. The summed E-state index contributed by atoms with van der Waals surface area (Å²) in [5.41, 5.74) is 6.62. The average molecular weight is 303 g/mol. The number of aliphatic carboxylic acids is 1. The second-order valence-corrected chi connectivity index (χ2v) is 4.49. The van der Waals surface area contributed by atoms with Crippen LogP contribution in [0.3, 0.4) is 0 Å². The molecule has 21 heavy (non-hydrogen) atoms. The monoisotopic (exact) mass is 303 g/mol. The number of hydrogen-bond acceptors (Lipinski definition) is 4. The Labute approximate surface area is 121 Å². The summed E-state index contributed by atoms with van der Waals surface area (Å²) in [5, 5.41) is 8.60. The second kappa shape index (κ2) is 8.41. The SMILES string of the molecule is CCOc1cc(CC(N)CCC(=O)O)ccc1OC(F)F. The molecule has 1 rings (SSSR count). The summed E-state index contributed by atoms with van der Waals surface area (Å²) in [6.45, 7) is -0.876. The lowest BCUT2D eigenvalue weighted by atomic mass is 10.0. The van der Waals surface area contributed by atoms with Gasteiger partial charge in [-0.25, -0.2) is 0 Å². The highest BCUT2D eigenvalue weighted by atomic mass is 19.3. The van der Waals surface area contributed by atoms with E-state index in [1.165, 1.54) is 6.07 Å². The van der Waals surface area contributed by atoms with Crippen LogP contribution < -0.4 is 15.2 Å². The first-order chi connectivity index (χ1) is 9.92. The quantitative estimate of drug-likeness (QED) is 0.732. The molecule has 0 spiro atoms. The van der Waals surface area contributed by atoms with Crippen LogP contribution in [0, 0.1) is 0 Å². The number of carboxylic acids is 1. The van der Waals surface area contributed by atoms with Gasteiger partial charge in [0.25, 0.3) is 0 Å². The number of carbonyl (C=O) groups is 1. The molecule has 1 unspecified atom stereocenters. The number of hydrogen-bond donors (Lipinski definition) is 2. The van der Waals surface area contributed by atoms with Crippen LogP contribution in [0.4, 0.5) is 8.78 Å². The van der Waals surface area contributed by atoms with Gasteiger partial charge in [0, 0.05) is 12.5 Å². The smallest absolute Gasteiger partial charge is 0.387 e. The van der Waals surface area contributed by atoms with E-state index in [4.69, 9.17) is 15.6 Å². The van der Waals surface area contributed by atoms with Crippen LogP contribution in [-0.4, -0.2) is 30.3 Å². The molecule has 0 aliphatic rings. The van der Waals surface area contributed by atoms with Gasteiger partial charge in [-0.3, -0.25) is 4.79 Å².